The van der Waals surface area contributed by atoms with Crippen LogP contribution in [0.2, 0.25) is 0 Å². The van der Waals surface area contributed by atoms with Gasteiger partial charge in [0.1, 0.15) is 60.1 Å². The maximum Gasteiger partial charge on any atom is 0.305 e. The first-order valence-electron chi connectivity index (χ1n) is 28.0. The number of carboxylic acids is 3. The van der Waals surface area contributed by atoms with Gasteiger partial charge in [-0.15, -0.1) is 0 Å². The van der Waals surface area contributed by atoms with E-state index in [-0.39, 0.29) is 50.8 Å². The zero-order chi connectivity index (χ0) is 66.7. The number of rotatable bonds is 38. The Kier molecular flexibility index (Phi) is 31.1. The molecule has 1 saturated heterocycles. The number of hydrogen-bond donors (Lipinski definition) is 17. The van der Waals surface area contributed by atoms with Crippen LogP contribution in [0.1, 0.15) is 105 Å². The molecule has 34 heteroatoms. The van der Waals surface area contributed by atoms with Crippen molar-refractivity contribution >= 4 is 94.6 Å². The van der Waals surface area contributed by atoms with E-state index in [1.54, 1.807) is 20.8 Å². The number of carbonyl (C=O) groups is 16. The van der Waals surface area contributed by atoms with E-state index >= 15 is 0 Å². The standard InChI is InChI=1S/C54H80N12O22/c1-7-9-30(44(78)53(87)56-22-38(71)58-36(24-68)50(84)62-34(21-41(76)77)49(83)61-33(20-28-11-13-29(70)14-12-28)48(82)63-35(23-67)45(55)79)59-51(85)37-10-8-19-66(37)54(88)43(26(4)5)65-52(86)42(25(2)3)64-47(81)32(16-18-40(74)75)60-46(80)31(57-27(6)69)15-17-39(72)73/h11-14,25-26,30-37,42-43,67-68,70H,7-10,15-24H2,1-6H3,(H2,55,79)(H,56,87)(H,57,69)(H,58,71)(H,59,85)(H,60,80)(H,61,83)(H,62,84)(H,63,82)(H,64,81)(H,65,86)(H,72,73)(H,74,75)(H,76,77)/t30-,31-,32-,33-,34-,35-,36+,37?,42-,43-/m0/s1. The van der Waals surface area contributed by atoms with Gasteiger partial charge in [0.25, 0.3) is 5.91 Å². The summed E-state index contributed by atoms with van der Waals surface area (Å²) < 4.78 is 0. The summed E-state index contributed by atoms with van der Waals surface area (Å²) in [4.78, 5) is 208. The Labute approximate surface area is 504 Å². The first-order chi connectivity index (χ1) is 41.2. The van der Waals surface area contributed by atoms with Gasteiger partial charge in [0.2, 0.25) is 70.8 Å². The molecule has 1 fully saturated rings. The Morgan fingerprint density at radius 1 is 0.568 bits per heavy atom. The number of aromatic hydroxyl groups is 1. The number of amides is 12. The maximum absolute atomic E-state index is 14.3. The van der Waals surface area contributed by atoms with Crippen molar-refractivity contribution in [3.63, 3.8) is 0 Å². The number of nitrogens with two attached hydrogens (primary N) is 1. The molecule has 488 valence electrons. The minimum Gasteiger partial charge on any atom is -0.508 e. The molecule has 0 radical (unpaired) electrons. The zero-order valence-electron chi connectivity index (χ0n) is 49.4. The van der Waals surface area contributed by atoms with E-state index in [9.17, 15) is 102 Å². The number of carboxylic acid groups (broad SMARTS) is 3. The number of primary amides is 1. The third kappa shape index (κ3) is 24.9. The van der Waals surface area contributed by atoms with Crippen LogP contribution in [0.15, 0.2) is 24.3 Å². The molecule has 0 aliphatic carbocycles. The molecular formula is C54H80N12O22. The summed E-state index contributed by atoms with van der Waals surface area (Å²) in [5, 5.41) is 80.0. The summed E-state index contributed by atoms with van der Waals surface area (Å²) in [7, 11) is 0. The van der Waals surface area contributed by atoms with Gasteiger partial charge in [0.15, 0.2) is 0 Å². The minimum absolute atomic E-state index is 0.00701. The molecule has 1 aromatic carbocycles. The minimum atomic E-state index is -2.00. The van der Waals surface area contributed by atoms with Crippen molar-refractivity contribution in [1.82, 2.24) is 58.1 Å². The predicted molar refractivity (Wildman–Crippen MR) is 302 cm³/mol. The highest BCUT2D eigenvalue weighted by Crippen LogP contribution is 2.22. The zero-order valence-corrected chi connectivity index (χ0v) is 49.4. The van der Waals surface area contributed by atoms with E-state index in [0.717, 1.165) is 11.8 Å². The fourth-order valence-electron chi connectivity index (χ4n) is 8.77. The van der Waals surface area contributed by atoms with Crippen molar-refractivity contribution < 1.29 is 107 Å². The molecule has 18 N–H and O–H groups in total. The molecule has 1 heterocycles. The molecule has 1 aliphatic heterocycles. The van der Waals surface area contributed by atoms with E-state index in [2.05, 4.69) is 37.2 Å². The Morgan fingerprint density at radius 3 is 1.57 bits per heavy atom. The molecule has 34 nitrogen and oxygen atoms in total. The molecule has 1 aliphatic rings. The summed E-state index contributed by atoms with van der Waals surface area (Å²) in [6.45, 7) is 5.75. The Morgan fingerprint density at radius 2 is 1.06 bits per heavy atom. The lowest BCUT2D eigenvalue weighted by Gasteiger charge is -2.33. The maximum atomic E-state index is 14.3. The number of ketones is 1. The average molecular weight is 1250 g/mol. The quantitative estimate of drug-likeness (QED) is 0.0274. The third-order valence-corrected chi connectivity index (χ3v) is 13.5. The van der Waals surface area contributed by atoms with E-state index < -0.39 is 212 Å². The Bertz CT molecular complexity index is 2730. The number of Topliss-reactive ketones (excluding diaryl/α,β-unsaturated/α-hetero) is 1. The Balaban J connectivity index is 2.20. The fourth-order valence-corrected chi connectivity index (χ4v) is 8.77. The van der Waals surface area contributed by atoms with E-state index in [0.29, 0.717) is 5.56 Å². The van der Waals surface area contributed by atoms with Crippen LogP contribution in [0.25, 0.3) is 0 Å². The number of phenols is 1. The predicted octanol–water partition coefficient (Wildman–Crippen LogP) is -6.22. The van der Waals surface area contributed by atoms with Crippen molar-refractivity contribution in [3.8, 4) is 5.75 Å². The first kappa shape index (κ1) is 74.8. The van der Waals surface area contributed by atoms with Gasteiger partial charge in [-0.05, 0) is 61.6 Å². The van der Waals surface area contributed by atoms with E-state index in [1.165, 1.54) is 38.1 Å². The molecule has 1 unspecified atom stereocenters. The third-order valence-electron chi connectivity index (χ3n) is 13.5. The second-order valence-corrected chi connectivity index (χ2v) is 21.3. The number of nitrogens with one attached hydrogen (secondary N) is 10. The molecule has 0 spiro atoms. The van der Waals surface area contributed by atoms with Crippen LogP contribution in [0.3, 0.4) is 0 Å². The largest absolute Gasteiger partial charge is 0.508 e. The number of hydrogen-bond acceptors (Lipinski definition) is 19. The molecular weight excluding hydrogens is 1170 g/mol. The lowest BCUT2D eigenvalue weighted by atomic mass is 9.98. The van der Waals surface area contributed by atoms with Crippen molar-refractivity contribution in [2.24, 2.45) is 17.6 Å². The average Bonchev–Trinajstić information content (AvgIpc) is 1.82. The number of aliphatic hydroxyl groups excluding tert-OH is 2. The number of aliphatic hydroxyl groups is 2. The number of phenolic OH excluding ortho intramolecular Hbond substituents is 1. The van der Waals surface area contributed by atoms with Crippen LogP contribution in [0, 0.1) is 11.8 Å². The number of aliphatic carboxylic acids is 3. The molecule has 12 amide bonds. The van der Waals surface area contributed by atoms with Crippen molar-refractivity contribution in [3.05, 3.63) is 29.8 Å². The first-order valence-corrected chi connectivity index (χ1v) is 28.0. The lowest BCUT2D eigenvalue weighted by Crippen LogP contribution is -2.61. The van der Waals surface area contributed by atoms with Gasteiger partial charge in [0.05, 0.1) is 32.2 Å². The van der Waals surface area contributed by atoms with Gasteiger partial charge >= 0.3 is 17.9 Å². The second-order valence-electron chi connectivity index (χ2n) is 21.3. The summed E-state index contributed by atoms with van der Waals surface area (Å²) in [5.74, 6) is -19.8. The second kappa shape index (κ2) is 36.6. The smallest absolute Gasteiger partial charge is 0.305 e. The van der Waals surface area contributed by atoms with Gasteiger partial charge in [-0.2, -0.15) is 0 Å². The Hall–Kier alpha value is -9.34. The van der Waals surface area contributed by atoms with E-state index in [1.807, 2.05) is 16.0 Å². The number of likely N-dealkylation sites (tertiary alicyclic amines) is 1. The van der Waals surface area contributed by atoms with Crippen molar-refractivity contribution in [2.45, 2.75) is 166 Å². The van der Waals surface area contributed by atoms with Crippen LogP contribution in [-0.2, 0) is 83.1 Å². The molecule has 0 aromatic heterocycles. The molecule has 88 heavy (non-hydrogen) atoms. The summed E-state index contributed by atoms with van der Waals surface area (Å²) >= 11 is 0. The van der Waals surface area contributed by atoms with Crippen LogP contribution in [0.4, 0.5) is 0 Å². The normalized spacial score (nSPS) is 15.8. The topological polar surface area (TPSA) is 544 Å². The molecule has 1 aromatic rings. The van der Waals surface area contributed by atoms with Crippen LogP contribution in [-0.4, -0.2) is 217 Å². The van der Waals surface area contributed by atoms with Crippen molar-refractivity contribution in [2.75, 3.05) is 26.3 Å². The molecule has 2 rings (SSSR count). The molecule has 10 atom stereocenters. The number of carbonyl (C=O) groups excluding carboxylic acids is 13. The summed E-state index contributed by atoms with van der Waals surface area (Å²) in [5.41, 5.74) is 5.53. The van der Waals surface area contributed by atoms with Gasteiger partial charge in [-0.25, -0.2) is 0 Å². The van der Waals surface area contributed by atoms with Gasteiger partial charge in [-0.1, -0.05) is 53.2 Å². The highest BCUT2D eigenvalue weighted by Gasteiger charge is 2.42. The SMILES string of the molecule is CCC[C@H](NC(=O)C1CCCN1C(=O)[C@@H](NC(=O)[C@@H](NC(=O)[C@H](CCC(=O)O)NC(=O)[C@H](CCC(=O)O)NC(C)=O)C(C)C)C(C)C)C(=O)C(=O)NCC(=O)N[C@H](CO)C(=O)N[C@@H](CC(=O)O)C(=O)N[C@@H](Cc1ccc(O)cc1)C(=O)N[C@@H](CO)C(N)=O. The molecule has 0 saturated carbocycles. The molecule has 0 bridgehead atoms. The number of nitrogens with zero attached hydrogens (tertiary/aromatic N) is 1. The van der Waals surface area contributed by atoms with Crippen LogP contribution < -0.4 is 58.9 Å². The van der Waals surface area contributed by atoms with Crippen molar-refractivity contribution in [1.29, 1.82) is 0 Å². The van der Waals surface area contributed by atoms with Crippen LogP contribution in [0.5, 0.6) is 5.75 Å². The fraction of sp³-hybridized carbons (Fsp3) is 0.593. The lowest BCUT2D eigenvalue weighted by molar-refractivity contribution is -0.144. The van der Waals surface area contributed by atoms with E-state index in [4.69, 9.17) is 10.8 Å². The van der Waals surface area contributed by atoms with Gasteiger partial charge in [-0.3, -0.25) is 76.7 Å². The highest BCUT2D eigenvalue weighted by molar-refractivity contribution is 6.38. The number of benzene rings is 1. The van der Waals surface area contributed by atoms with Crippen LogP contribution >= 0.6 is 0 Å². The summed E-state index contributed by atoms with van der Waals surface area (Å²) in [6, 6.07) is -10.5. The monoisotopic (exact) mass is 1250 g/mol. The van der Waals surface area contributed by atoms with Gasteiger partial charge < -0.3 is 94.4 Å². The summed E-state index contributed by atoms with van der Waals surface area (Å²) in [6.07, 6.45) is -3.15. The highest BCUT2D eigenvalue weighted by atomic mass is 16.4. The van der Waals surface area contributed by atoms with Gasteiger partial charge in [0, 0.05) is 32.7 Å².